The molecule has 5 nitrogen and oxygen atoms in total. The molecule has 0 saturated carbocycles. The van der Waals surface area contributed by atoms with Crippen LogP contribution >= 0.6 is 11.6 Å². The fraction of sp³-hybridized carbons (Fsp3) is 0.222. The standard InChI is InChI=1S/C18H19ClN2O3/c1-12-5-4-6-15(19)17(12)24-11-16(22)20-14-9-7-13(8-10-14)18(23)21(2)3/h4-10H,11H2,1-3H3,(H,20,22). The molecular weight excluding hydrogens is 328 g/mol. The van der Waals surface area contributed by atoms with Gasteiger partial charge in [-0.3, -0.25) is 9.59 Å². The minimum atomic E-state index is -0.305. The summed E-state index contributed by atoms with van der Waals surface area (Å²) in [5.74, 6) is 0.104. The largest absolute Gasteiger partial charge is 0.482 e. The van der Waals surface area contributed by atoms with Crippen LogP contribution in [0.1, 0.15) is 15.9 Å². The molecule has 0 radical (unpaired) electrons. The number of anilines is 1. The lowest BCUT2D eigenvalue weighted by Crippen LogP contribution is -2.22. The second kappa shape index (κ2) is 7.84. The molecule has 0 saturated heterocycles. The molecule has 24 heavy (non-hydrogen) atoms. The molecule has 1 N–H and O–H groups in total. The number of carbonyl (C=O) groups excluding carboxylic acids is 2. The molecule has 2 aromatic carbocycles. The van der Waals surface area contributed by atoms with Gasteiger partial charge >= 0.3 is 0 Å². The third-order valence-electron chi connectivity index (χ3n) is 3.33. The minimum absolute atomic E-state index is 0.0922. The lowest BCUT2D eigenvalue weighted by Gasteiger charge is -2.12. The Balaban J connectivity index is 1.94. The predicted molar refractivity (Wildman–Crippen MR) is 94.8 cm³/mol. The number of nitrogens with zero attached hydrogens (tertiary/aromatic N) is 1. The molecule has 0 aliphatic carbocycles. The zero-order valence-corrected chi connectivity index (χ0v) is 14.6. The summed E-state index contributed by atoms with van der Waals surface area (Å²) in [6.45, 7) is 1.71. The summed E-state index contributed by atoms with van der Waals surface area (Å²) in [7, 11) is 3.37. The van der Waals surface area contributed by atoms with Gasteiger partial charge in [0, 0.05) is 25.3 Å². The first-order valence-electron chi connectivity index (χ1n) is 7.38. The number of aryl methyl sites for hydroxylation is 1. The molecule has 0 atom stereocenters. The van der Waals surface area contributed by atoms with Crippen molar-refractivity contribution in [1.29, 1.82) is 0 Å². The normalized spacial score (nSPS) is 10.2. The van der Waals surface area contributed by atoms with E-state index < -0.39 is 0 Å². The van der Waals surface area contributed by atoms with Crippen molar-refractivity contribution in [2.24, 2.45) is 0 Å². The lowest BCUT2D eigenvalue weighted by atomic mass is 10.2. The Kier molecular flexibility index (Phi) is 5.82. The number of hydrogen-bond acceptors (Lipinski definition) is 3. The van der Waals surface area contributed by atoms with E-state index >= 15 is 0 Å². The summed E-state index contributed by atoms with van der Waals surface area (Å²) in [6.07, 6.45) is 0. The molecular formula is C18H19ClN2O3. The van der Waals surface area contributed by atoms with Crippen LogP contribution in [0.4, 0.5) is 5.69 Å². The average molecular weight is 347 g/mol. The Morgan fingerprint density at radius 2 is 1.79 bits per heavy atom. The number of benzene rings is 2. The number of carbonyl (C=O) groups is 2. The van der Waals surface area contributed by atoms with Gasteiger partial charge in [0.15, 0.2) is 6.61 Å². The summed E-state index contributed by atoms with van der Waals surface area (Å²) in [6, 6.07) is 12.1. The lowest BCUT2D eigenvalue weighted by molar-refractivity contribution is -0.118. The minimum Gasteiger partial charge on any atom is -0.482 e. The highest BCUT2D eigenvalue weighted by atomic mass is 35.5. The van der Waals surface area contributed by atoms with Gasteiger partial charge in [0.2, 0.25) is 0 Å². The highest BCUT2D eigenvalue weighted by Crippen LogP contribution is 2.27. The third-order valence-corrected chi connectivity index (χ3v) is 3.63. The summed E-state index contributed by atoms with van der Waals surface area (Å²) in [5.41, 5.74) is 2.01. The fourth-order valence-corrected chi connectivity index (χ4v) is 2.36. The van der Waals surface area contributed by atoms with E-state index in [0.29, 0.717) is 22.0 Å². The van der Waals surface area contributed by atoms with E-state index in [-0.39, 0.29) is 18.4 Å². The molecule has 0 fully saturated rings. The van der Waals surface area contributed by atoms with Crippen LogP contribution in [0.15, 0.2) is 42.5 Å². The van der Waals surface area contributed by atoms with E-state index in [0.717, 1.165) is 5.56 Å². The molecule has 0 aliphatic heterocycles. The van der Waals surface area contributed by atoms with Gasteiger partial charge in [-0.2, -0.15) is 0 Å². The van der Waals surface area contributed by atoms with Crippen molar-refractivity contribution in [3.05, 3.63) is 58.6 Å². The molecule has 0 heterocycles. The summed E-state index contributed by atoms with van der Waals surface area (Å²) < 4.78 is 5.49. The highest BCUT2D eigenvalue weighted by molar-refractivity contribution is 6.32. The number of nitrogens with one attached hydrogen (secondary N) is 1. The number of rotatable bonds is 5. The van der Waals surface area contributed by atoms with Gasteiger partial charge in [-0.15, -0.1) is 0 Å². The van der Waals surface area contributed by atoms with Gasteiger partial charge in [0.25, 0.3) is 11.8 Å². The quantitative estimate of drug-likeness (QED) is 0.903. The maximum Gasteiger partial charge on any atom is 0.262 e. The summed E-state index contributed by atoms with van der Waals surface area (Å²) in [5, 5.41) is 3.18. The van der Waals surface area contributed by atoms with Gasteiger partial charge < -0.3 is 15.0 Å². The van der Waals surface area contributed by atoms with Crippen LogP contribution < -0.4 is 10.1 Å². The Bertz CT molecular complexity index is 722. The molecule has 0 aromatic heterocycles. The number of hydrogen-bond donors (Lipinski definition) is 1. The van der Waals surface area contributed by atoms with Gasteiger partial charge in [-0.05, 0) is 42.8 Å². The molecule has 2 amide bonds. The first kappa shape index (κ1) is 17.8. The van der Waals surface area contributed by atoms with E-state index in [2.05, 4.69) is 5.32 Å². The van der Waals surface area contributed by atoms with Crippen molar-refractivity contribution in [2.45, 2.75) is 6.92 Å². The first-order valence-corrected chi connectivity index (χ1v) is 7.75. The molecule has 2 aromatic rings. The second-order valence-corrected chi connectivity index (χ2v) is 5.91. The Morgan fingerprint density at radius 3 is 2.38 bits per heavy atom. The maximum absolute atomic E-state index is 12.0. The Hall–Kier alpha value is -2.53. The molecule has 0 aliphatic rings. The van der Waals surface area contributed by atoms with Crippen LogP contribution in [-0.4, -0.2) is 37.4 Å². The fourth-order valence-electron chi connectivity index (χ4n) is 2.09. The molecule has 0 spiro atoms. The van der Waals surface area contributed by atoms with E-state index in [1.54, 1.807) is 44.4 Å². The van der Waals surface area contributed by atoms with Gasteiger partial charge in [-0.25, -0.2) is 0 Å². The smallest absolute Gasteiger partial charge is 0.262 e. The van der Waals surface area contributed by atoms with Crippen molar-refractivity contribution in [3.8, 4) is 5.75 Å². The molecule has 6 heteroatoms. The number of para-hydroxylation sites is 1. The van der Waals surface area contributed by atoms with Gasteiger partial charge in [-0.1, -0.05) is 23.7 Å². The van der Waals surface area contributed by atoms with Crippen LogP contribution in [0.25, 0.3) is 0 Å². The van der Waals surface area contributed by atoms with Crippen molar-refractivity contribution in [2.75, 3.05) is 26.0 Å². The van der Waals surface area contributed by atoms with Gasteiger partial charge in [0.05, 0.1) is 5.02 Å². The second-order valence-electron chi connectivity index (χ2n) is 5.50. The molecule has 126 valence electrons. The van der Waals surface area contributed by atoms with Crippen molar-refractivity contribution < 1.29 is 14.3 Å². The molecule has 0 unspecified atom stereocenters. The van der Waals surface area contributed by atoms with E-state index in [1.807, 2.05) is 19.1 Å². The van der Waals surface area contributed by atoms with Crippen LogP contribution in [0.5, 0.6) is 5.75 Å². The average Bonchev–Trinajstić information content (AvgIpc) is 2.54. The zero-order chi connectivity index (χ0) is 17.7. The Morgan fingerprint density at radius 1 is 1.12 bits per heavy atom. The third kappa shape index (κ3) is 4.49. The highest BCUT2D eigenvalue weighted by Gasteiger charge is 2.10. The molecule has 2 rings (SSSR count). The summed E-state index contributed by atoms with van der Waals surface area (Å²) in [4.78, 5) is 25.3. The monoisotopic (exact) mass is 346 g/mol. The topological polar surface area (TPSA) is 58.6 Å². The van der Waals surface area contributed by atoms with Crippen LogP contribution in [-0.2, 0) is 4.79 Å². The molecule has 0 bridgehead atoms. The SMILES string of the molecule is Cc1cccc(Cl)c1OCC(=O)Nc1ccc(C(=O)N(C)C)cc1. The predicted octanol–water partition coefficient (Wildman–Crippen LogP) is 3.37. The summed E-state index contributed by atoms with van der Waals surface area (Å²) >= 11 is 6.05. The van der Waals surface area contributed by atoms with Crippen molar-refractivity contribution >= 4 is 29.1 Å². The van der Waals surface area contributed by atoms with E-state index in [1.165, 1.54) is 4.90 Å². The van der Waals surface area contributed by atoms with E-state index in [4.69, 9.17) is 16.3 Å². The number of halogens is 1. The number of ether oxygens (including phenoxy) is 1. The van der Waals surface area contributed by atoms with Crippen LogP contribution in [0.3, 0.4) is 0 Å². The van der Waals surface area contributed by atoms with Crippen molar-refractivity contribution in [1.82, 2.24) is 4.90 Å². The van der Waals surface area contributed by atoms with Gasteiger partial charge in [0.1, 0.15) is 5.75 Å². The first-order chi connectivity index (χ1) is 11.4. The maximum atomic E-state index is 12.0. The number of amides is 2. The van der Waals surface area contributed by atoms with Crippen molar-refractivity contribution in [3.63, 3.8) is 0 Å². The zero-order valence-electron chi connectivity index (χ0n) is 13.8. The van der Waals surface area contributed by atoms with Crippen LogP contribution in [0.2, 0.25) is 5.02 Å². The Labute approximate surface area is 146 Å². The van der Waals surface area contributed by atoms with Crippen LogP contribution in [0, 0.1) is 6.92 Å². The van der Waals surface area contributed by atoms with E-state index in [9.17, 15) is 9.59 Å².